The normalized spacial score (nSPS) is 10.9. The van der Waals surface area contributed by atoms with Crippen molar-refractivity contribution in [3.05, 3.63) is 56.9 Å². The number of hydrogen-bond donors (Lipinski definition) is 2. The molecule has 3 N–H and O–H groups in total. The molecule has 1 heterocycles. The van der Waals surface area contributed by atoms with Crippen LogP contribution in [0.25, 0.3) is 11.3 Å². The second-order valence-electron chi connectivity index (χ2n) is 5.39. The van der Waals surface area contributed by atoms with E-state index in [0.717, 1.165) is 27.9 Å². The first kappa shape index (κ1) is 15.5. The van der Waals surface area contributed by atoms with Crippen molar-refractivity contribution in [2.45, 2.75) is 33.9 Å². The highest BCUT2D eigenvalue weighted by atomic mass is 16.3. The maximum atomic E-state index is 12.6. The van der Waals surface area contributed by atoms with Gasteiger partial charge in [0, 0.05) is 24.2 Å². The highest BCUT2D eigenvalue weighted by molar-refractivity contribution is 5.66. The van der Waals surface area contributed by atoms with Gasteiger partial charge in [-0.3, -0.25) is 4.79 Å². The molecule has 112 valence electrons. The Morgan fingerprint density at radius 3 is 2.48 bits per heavy atom. The lowest BCUT2D eigenvalue weighted by Gasteiger charge is -2.17. The summed E-state index contributed by atoms with van der Waals surface area (Å²) >= 11 is 0. The summed E-state index contributed by atoms with van der Waals surface area (Å²) in [7, 11) is 0. The fourth-order valence-electron chi connectivity index (χ4n) is 2.62. The van der Waals surface area contributed by atoms with E-state index in [1.165, 1.54) is 0 Å². The van der Waals surface area contributed by atoms with E-state index in [2.05, 4.69) is 12.1 Å². The molecule has 0 amide bonds. The first-order valence-corrected chi connectivity index (χ1v) is 7.11. The standard InChI is InChI=1S/C17H22N2O2/c1-11-4-5-12(2)14(8-11)16-9-13(3)15(10-18)17(21)19(16)6-7-20/h4-5,8-9,20H,6-7,10,18H2,1-3H3. The number of nitrogens with two attached hydrogens (primary N) is 1. The molecule has 0 unspecified atom stereocenters. The zero-order valence-electron chi connectivity index (χ0n) is 12.8. The van der Waals surface area contributed by atoms with E-state index < -0.39 is 0 Å². The Labute approximate surface area is 124 Å². The number of aliphatic hydroxyl groups is 1. The van der Waals surface area contributed by atoms with E-state index in [1.54, 1.807) is 4.57 Å². The maximum absolute atomic E-state index is 12.6. The average molecular weight is 286 g/mol. The van der Waals surface area contributed by atoms with Crippen LogP contribution in [0.1, 0.15) is 22.3 Å². The molecule has 0 fully saturated rings. The van der Waals surface area contributed by atoms with Crippen molar-refractivity contribution >= 4 is 0 Å². The van der Waals surface area contributed by atoms with Crippen LogP contribution in [-0.4, -0.2) is 16.3 Å². The SMILES string of the molecule is Cc1ccc(C)c(-c2cc(C)c(CN)c(=O)n2CCO)c1. The third kappa shape index (κ3) is 2.91. The van der Waals surface area contributed by atoms with E-state index >= 15 is 0 Å². The van der Waals surface area contributed by atoms with E-state index in [9.17, 15) is 9.90 Å². The zero-order valence-corrected chi connectivity index (χ0v) is 12.8. The molecule has 1 aromatic carbocycles. The second kappa shape index (κ2) is 6.24. The highest BCUT2D eigenvalue weighted by Crippen LogP contribution is 2.25. The Kier molecular flexibility index (Phi) is 4.60. The number of aromatic nitrogens is 1. The fourth-order valence-corrected chi connectivity index (χ4v) is 2.62. The number of aliphatic hydroxyl groups excluding tert-OH is 1. The smallest absolute Gasteiger partial charge is 0.255 e. The van der Waals surface area contributed by atoms with Gasteiger partial charge in [-0.2, -0.15) is 0 Å². The Bertz CT molecular complexity index is 717. The quantitative estimate of drug-likeness (QED) is 0.902. The van der Waals surface area contributed by atoms with Gasteiger partial charge in [0.15, 0.2) is 0 Å². The summed E-state index contributed by atoms with van der Waals surface area (Å²) in [5, 5.41) is 9.28. The first-order chi connectivity index (χ1) is 9.99. The minimum absolute atomic E-state index is 0.0785. The van der Waals surface area contributed by atoms with Crippen molar-refractivity contribution < 1.29 is 5.11 Å². The minimum atomic E-state index is -0.109. The van der Waals surface area contributed by atoms with Gasteiger partial charge in [0.1, 0.15) is 0 Å². The second-order valence-corrected chi connectivity index (χ2v) is 5.39. The molecular weight excluding hydrogens is 264 g/mol. The van der Waals surface area contributed by atoms with Gasteiger partial charge >= 0.3 is 0 Å². The van der Waals surface area contributed by atoms with Gasteiger partial charge < -0.3 is 15.4 Å². The van der Waals surface area contributed by atoms with Gasteiger partial charge in [0.25, 0.3) is 5.56 Å². The third-order valence-electron chi connectivity index (χ3n) is 3.82. The Morgan fingerprint density at radius 1 is 1.14 bits per heavy atom. The number of aryl methyl sites for hydroxylation is 3. The summed E-state index contributed by atoms with van der Waals surface area (Å²) in [6.45, 7) is 6.36. The minimum Gasteiger partial charge on any atom is -0.395 e. The van der Waals surface area contributed by atoms with E-state index in [-0.39, 0.29) is 25.3 Å². The molecule has 0 atom stereocenters. The number of hydrogen-bond acceptors (Lipinski definition) is 3. The lowest BCUT2D eigenvalue weighted by atomic mass is 9.99. The molecule has 1 aromatic heterocycles. The average Bonchev–Trinajstić information content (AvgIpc) is 2.45. The van der Waals surface area contributed by atoms with E-state index in [0.29, 0.717) is 5.56 Å². The van der Waals surface area contributed by atoms with Gasteiger partial charge in [-0.25, -0.2) is 0 Å². The number of rotatable bonds is 4. The molecule has 4 nitrogen and oxygen atoms in total. The van der Waals surface area contributed by atoms with Gasteiger partial charge in [-0.1, -0.05) is 17.7 Å². The third-order valence-corrected chi connectivity index (χ3v) is 3.82. The van der Waals surface area contributed by atoms with Crippen molar-refractivity contribution in [1.29, 1.82) is 0 Å². The summed E-state index contributed by atoms with van der Waals surface area (Å²) in [4.78, 5) is 12.6. The predicted octanol–water partition coefficient (Wildman–Crippen LogP) is 1.89. The molecule has 0 spiro atoms. The van der Waals surface area contributed by atoms with Gasteiger partial charge in [0.2, 0.25) is 0 Å². The van der Waals surface area contributed by atoms with Crippen LogP contribution in [0.5, 0.6) is 0 Å². The lowest BCUT2D eigenvalue weighted by Crippen LogP contribution is -2.29. The van der Waals surface area contributed by atoms with Gasteiger partial charge in [-0.15, -0.1) is 0 Å². The summed E-state index contributed by atoms with van der Waals surface area (Å²) < 4.78 is 1.62. The molecule has 0 saturated heterocycles. The number of benzene rings is 1. The highest BCUT2D eigenvalue weighted by Gasteiger charge is 2.14. The van der Waals surface area contributed by atoms with Crippen molar-refractivity contribution in [3.8, 4) is 11.3 Å². The Balaban J connectivity index is 2.79. The van der Waals surface area contributed by atoms with Gasteiger partial charge in [0.05, 0.1) is 12.3 Å². The Morgan fingerprint density at radius 2 is 1.86 bits per heavy atom. The first-order valence-electron chi connectivity index (χ1n) is 7.11. The summed E-state index contributed by atoms with van der Waals surface area (Å²) in [5.41, 5.74) is 11.2. The molecular formula is C17H22N2O2. The van der Waals surface area contributed by atoms with Crippen LogP contribution in [0.2, 0.25) is 0 Å². The molecule has 0 radical (unpaired) electrons. The molecule has 0 aliphatic heterocycles. The molecule has 0 bridgehead atoms. The van der Waals surface area contributed by atoms with Crippen molar-refractivity contribution in [1.82, 2.24) is 4.57 Å². The molecule has 21 heavy (non-hydrogen) atoms. The van der Waals surface area contributed by atoms with Crippen molar-refractivity contribution in [3.63, 3.8) is 0 Å². The molecule has 0 aliphatic carbocycles. The lowest BCUT2D eigenvalue weighted by molar-refractivity contribution is 0.274. The van der Waals surface area contributed by atoms with Crippen LogP contribution in [-0.2, 0) is 13.1 Å². The van der Waals surface area contributed by atoms with Crippen LogP contribution in [0.15, 0.2) is 29.1 Å². The zero-order chi connectivity index (χ0) is 15.6. The summed E-state index contributed by atoms with van der Waals surface area (Å²) in [5.74, 6) is 0. The largest absolute Gasteiger partial charge is 0.395 e. The summed E-state index contributed by atoms with van der Waals surface area (Å²) in [6.07, 6.45) is 0. The Hall–Kier alpha value is -1.91. The molecule has 2 aromatic rings. The van der Waals surface area contributed by atoms with Crippen LogP contribution in [0.4, 0.5) is 0 Å². The topological polar surface area (TPSA) is 68.2 Å². The monoisotopic (exact) mass is 286 g/mol. The van der Waals surface area contributed by atoms with E-state index in [4.69, 9.17) is 5.73 Å². The maximum Gasteiger partial charge on any atom is 0.255 e. The number of nitrogens with zero attached hydrogens (tertiary/aromatic N) is 1. The molecule has 2 rings (SSSR count). The van der Waals surface area contributed by atoms with Gasteiger partial charge in [-0.05, 0) is 44.0 Å². The van der Waals surface area contributed by atoms with Crippen LogP contribution in [0, 0.1) is 20.8 Å². The fraction of sp³-hybridized carbons (Fsp3) is 0.353. The van der Waals surface area contributed by atoms with Crippen LogP contribution < -0.4 is 11.3 Å². The predicted molar refractivity (Wildman–Crippen MR) is 85.3 cm³/mol. The van der Waals surface area contributed by atoms with E-state index in [1.807, 2.05) is 32.9 Å². The molecule has 0 saturated carbocycles. The number of pyridine rings is 1. The van der Waals surface area contributed by atoms with Crippen molar-refractivity contribution in [2.75, 3.05) is 6.61 Å². The summed E-state index contributed by atoms with van der Waals surface area (Å²) in [6, 6.07) is 8.15. The van der Waals surface area contributed by atoms with Crippen LogP contribution >= 0.6 is 0 Å². The molecule has 4 heteroatoms. The van der Waals surface area contributed by atoms with Crippen molar-refractivity contribution in [2.24, 2.45) is 5.73 Å². The molecule has 0 aliphatic rings. The van der Waals surface area contributed by atoms with Crippen LogP contribution in [0.3, 0.4) is 0 Å².